The zero-order chi connectivity index (χ0) is 8.43. The maximum absolute atomic E-state index is 8.90. The molecule has 2 heteroatoms. The van der Waals surface area contributed by atoms with E-state index in [1.807, 2.05) is 6.92 Å². The van der Waals surface area contributed by atoms with Gasteiger partial charge in [-0.3, -0.25) is 0 Å². The van der Waals surface area contributed by atoms with Gasteiger partial charge in [-0.25, -0.2) is 0 Å². The highest BCUT2D eigenvalue weighted by molar-refractivity contribution is 5.09. The number of allylic oxidation sites excluding steroid dienone is 1. The molecule has 1 fully saturated rings. The molecule has 2 atom stereocenters. The molecule has 11 heavy (non-hydrogen) atoms. The Bertz CT molecular complexity index is 184. The lowest BCUT2D eigenvalue weighted by Crippen LogP contribution is -2.20. The number of hydrogen-bond acceptors (Lipinski definition) is 2. The SMILES string of the molecule is C=C1CC(C(=C)C)C(CO)O1. The van der Waals surface area contributed by atoms with Crippen molar-refractivity contribution in [2.75, 3.05) is 6.61 Å². The van der Waals surface area contributed by atoms with Gasteiger partial charge in [0.15, 0.2) is 0 Å². The molecule has 0 aromatic rings. The maximum atomic E-state index is 8.90. The van der Waals surface area contributed by atoms with Crippen LogP contribution in [0.5, 0.6) is 0 Å². The summed E-state index contributed by atoms with van der Waals surface area (Å²) in [6.45, 7) is 9.55. The van der Waals surface area contributed by atoms with Crippen LogP contribution in [0.25, 0.3) is 0 Å². The number of rotatable bonds is 2. The average molecular weight is 154 g/mol. The third kappa shape index (κ3) is 1.63. The van der Waals surface area contributed by atoms with Gasteiger partial charge in [-0.2, -0.15) is 0 Å². The molecular formula is C9H14O2. The van der Waals surface area contributed by atoms with Gasteiger partial charge >= 0.3 is 0 Å². The molecular weight excluding hydrogens is 140 g/mol. The van der Waals surface area contributed by atoms with Gasteiger partial charge in [0.25, 0.3) is 0 Å². The fraction of sp³-hybridized carbons (Fsp3) is 0.556. The molecule has 0 bridgehead atoms. The van der Waals surface area contributed by atoms with Crippen LogP contribution in [0.3, 0.4) is 0 Å². The molecule has 1 aliphatic rings. The molecule has 62 valence electrons. The smallest absolute Gasteiger partial charge is 0.128 e. The largest absolute Gasteiger partial charge is 0.492 e. The van der Waals surface area contributed by atoms with Crippen LogP contribution in [0.4, 0.5) is 0 Å². The summed E-state index contributed by atoms with van der Waals surface area (Å²) in [6, 6.07) is 0. The molecule has 0 aromatic carbocycles. The van der Waals surface area contributed by atoms with Crippen LogP contribution in [-0.2, 0) is 4.74 Å². The Morgan fingerprint density at radius 2 is 2.45 bits per heavy atom. The molecule has 1 rings (SSSR count). The number of ether oxygens (including phenoxy) is 1. The zero-order valence-corrected chi connectivity index (χ0v) is 6.84. The fourth-order valence-electron chi connectivity index (χ4n) is 1.38. The summed E-state index contributed by atoms with van der Waals surface area (Å²) in [7, 11) is 0. The molecule has 1 aliphatic heterocycles. The van der Waals surface area contributed by atoms with Crippen molar-refractivity contribution < 1.29 is 9.84 Å². The van der Waals surface area contributed by atoms with E-state index in [1.165, 1.54) is 0 Å². The van der Waals surface area contributed by atoms with Crippen LogP contribution >= 0.6 is 0 Å². The predicted molar refractivity (Wildman–Crippen MR) is 44.0 cm³/mol. The van der Waals surface area contributed by atoms with Crippen molar-refractivity contribution in [2.24, 2.45) is 5.92 Å². The summed E-state index contributed by atoms with van der Waals surface area (Å²) >= 11 is 0. The van der Waals surface area contributed by atoms with Crippen LogP contribution in [0.2, 0.25) is 0 Å². The van der Waals surface area contributed by atoms with Gasteiger partial charge in [-0.05, 0) is 6.92 Å². The lowest BCUT2D eigenvalue weighted by Gasteiger charge is -2.14. The Balaban J connectivity index is 2.64. The summed E-state index contributed by atoms with van der Waals surface area (Å²) in [6.07, 6.45) is 0.695. The van der Waals surface area contributed by atoms with Crippen molar-refractivity contribution >= 4 is 0 Å². The van der Waals surface area contributed by atoms with Crippen LogP contribution < -0.4 is 0 Å². The van der Waals surface area contributed by atoms with E-state index in [9.17, 15) is 0 Å². The highest BCUT2D eigenvalue weighted by atomic mass is 16.5. The van der Waals surface area contributed by atoms with Crippen molar-refractivity contribution in [1.29, 1.82) is 0 Å². The number of aliphatic hydroxyl groups excluding tert-OH is 1. The maximum Gasteiger partial charge on any atom is 0.128 e. The quantitative estimate of drug-likeness (QED) is 0.610. The van der Waals surface area contributed by atoms with E-state index in [0.29, 0.717) is 0 Å². The summed E-state index contributed by atoms with van der Waals surface area (Å²) in [4.78, 5) is 0. The Kier molecular flexibility index (Phi) is 2.35. The Morgan fingerprint density at radius 1 is 1.82 bits per heavy atom. The average Bonchev–Trinajstić information content (AvgIpc) is 2.30. The first-order chi connectivity index (χ1) is 5.15. The van der Waals surface area contributed by atoms with Crippen LogP contribution in [-0.4, -0.2) is 17.8 Å². The van der Waals surface area contributed by atoms with Crippen LogP contribution in [0.15, 0.2) is 24.5 Å². The standard InChI is InChI=1S/C9H14O2/c1-6(2)8-4-7(3)11-9(8)5-10/h8-10H,1,3-5H2,2H3. The normalized spacial score (nSPS) is 30.2. The Labute approximate surface area is 67.2 Å². The third-order valence-corrected chi connectivity index (χ3v) is 2.03. The molecule has 1 saturated heterocycles. The second-order valence-corrected chi connectivity index (χ2v) is 3.03. The van der Waals surface area contributed by atoms with E-state index < -0.39 is 0 Å². The van der Waals surface area contributed by atoms with Crippen molar-refractivity contribution in [3.8, 4) is 0 Å². The summed E-state index contributed by atoms with van der Waals surface area (Å²) in [5.74, 6) is 1.02. The highest BCUT2D eigenvalue weighted by Gasteiger charge is 2.30. The van der Waals surface area contributed by atoms with Gasteiger partial charge in [-0.1, -0.05) is 18.7 Å². The molecule has 0 aromatic heterocycles. The summed E-state index contributed by atoms with van der Waals surface area (Å²) < 4.78 is 5.28. The topological polar surface area (TPSA) is 29.5 Å². The first kappa shape index (κ1) is 8.34. The molecule has 2 unspecified atom stereocenters. The summed E-state index contributed by atoms with van der Waals surface area (Å²) in [5, 5.41) is 8.90. The predicted octanol–water partition coefficient (Wildman–Crippen LogP) is 1.47. The van der Waals surface area contributed by atoms with E-state index in [0.717, 1.165) is 17.8 Å². The Morgan fingerprint density at radius 3 is 2.82 bits per heavy atom. The van der Waals surface area contributed by atoms with E-state index in [1.54, 1.807) is 0 Å². The molecule has 1 heterocycles. The molecule has 0 amide bonds. The molecule has 0 spiro atoms. The minimum Gasteiger partial charge on any atom is -0.492 e. The first-order valence-electron chi connectivity index (χ1n) is 3.76. The molecule has 1 N–H and O–H groups in total. The first-order valence-corrected chi connectivity index (χ1v) is 3.76. The molecule has 0 saturated carbocycles. The van der Waals surface area contributed by atoms with Crippen LogP contribution in [0, 0.1) is 5.92 Å². The Hall–Kier alpha value is -0.760. The zero-order valence-electron chi connectivity index (χ0n) is 6.84. The minimum absolute atomic E-state index is 0.0521. The molecule has 0 aliphatic carbocycles. The minimum atomic E-state index is -0.111. The highest BCUT2D eigenvalue weighted by Crippen LogP contribution is 2.32. The van der Waals surface area contributed by atoms with Gasteiger partial charge in [0.1, 0.15) is 6.10 Å². The van der Waals surface area contributed by atoms with E-state index in [2.05, 4.69) is 13.2 Å². The van der Waals surface area contributed by atoms with E-state index in [-0.39, 0.29) is 18.6 Å². The van der Waals surface area contributed by atoms with Crippen molar-refractivity contribution in [2.45, 2.75) is 19.4 Å². The van der Waals surface area contributed by atoms with Gasteiger partial charge in [0.2, 0.25) is 0 Å². The number of hydrogen-bond donors (Lipinski definition) is 1. The fourth-order valence-corrected chi connectivity index (χ4v) is 1.38. The molecule has 0 radical (unpaired) electrons. The van der Waals surface area contributed by atoms with Crippen molar-refractivity contribution in [3.63, 3.8) is 0 Å². The lowest BCUT2D eigenvalue weighted by atomic mass is 9.94. The van der Waals surface area contributed by atoms with Crippen molar-refractivity contribution in [3.05, 3.63) is 24.5 Å². The lowest BCUT2D eigenvalue weighted by molar-refractivity contribution is 0.0747. The van der Waals surface area contributed by atoms with Crippen LogP contribution in [0.1, 0.15) is 13.3 Å². The van der Waals surface area contributed by atoms with Gasteiger partial charge < -0.3 is 9.84 Å². The van der Waals surface area contributed by atoms with Crippen molar-refractivity contribution in [1.82, 2.24) is 0 Å². The van der Waals surface area contributed by atoms with Gasteiger partial charge in [0.05, 0.1) is 12.4 Å². The van der Waals surface area contributed by atoms with Gasteiger partial charge in [-0.15, -0.1) is 0 Å². The second-order valence-electron chi connectivity index (χ2n) is 3.03. The second kappa shape index (κ2) is 3.09. The monoisotopic (exact) mass is 154 g/mol. The molecule has 2 nitrogen and oxygen atoms in total. The summed E-state index contributed by atoms with van der Waals surface area (Å²) in [5.41, 5.74) is 1.06. The third-order valence-electron chi connectivity index (χ3n) is 2.03. The number of aliphatic hydroxyl groups is 1. The van der Waals surface area contributed by atoms with Gasteiger partial charge in [0, 0.05) is 12.3 Å². The van der Waals surface area contributed by atoms with E-state index in [4.69, 9.17) is 9.84 Å². The van der Waals surface area contributed by atoms with E-state index >= 15 is 0 Å².